The van der Waals surface area contributed by atoms with Gasteiger partial charge in [0.15, 0.2) is 0 Å². The van der Waals surface area contributed by atoms with Crippen molar-refractivity contribution < 1.29 is 21.1 Å². The monoisotopic (exact) mass is 791 g/mol. The van der Waals surface area contributed by atoms with Crippen molar-refractivity contribution in [2.45, 2.75) is 52.4 Å². The fraction of sp³-hybridized carbons (Fsp3) is 0.190. The van der Waals surface area contributed by atoms with Crippen molar-refractivity contribution in [1.82, 2.24) is 19.1 Å². The van der Waals surface area contributed by atoms with Gasteiger partial charge < -0.3 is 14.1 Å². The number of aromatic nitrogens is 4. The van der Waals surface area contributed by atoms with E-state index in [0.717, 1.165) is 45.0 Å². The van der Waals surface area contributed by atoms with Gasteiger partial charge in [0.1, 0.15) is 11.3 Å². The van der Waals surface area contributed by atoms with Crippen molar-refractivity contribution >= 4 is 43.9 Å². The summed E-state index contributed by atoms with van der Waals surface area (Å²) in [7, 11) is 0. The summed E-state index contributed by atoms with van der Waals surface area (Å²) in [5.74, 6) is 0. The molecule has 0 fully saturated rings. The van der Waals surface area contributed by atoms with Crippen LogP contribution in [0.2, 0.25) is 0 Å². The minimum atomic E-state index is -0.174. The number of nitrogens with zero attached hydrogens (tertiary/aromatic N) is 4. The first kappa shape index (κ1) is 31.1. The molecule has 0 aliphatic carbocycles. The summed E-state index contributed by atoms with van der Waals surface area (Å²) in [5, 5.41) is 4.76. The van der Waals surface area contributed by atoms with Crippen molar-refractivity contribution in [1.29, 1.82) is 0 Å². The average Bonchev–Trinajstić information content (AvgIpc) is 3.56. The number of fused-ring (bicyclic) bond motifs is 6. The van der Waals surface area contributed by atoms with Crippen LogP contribution in [0.1, 0.15) is 52.7 Å². The molecule has 0 bridgehead atoms. The molecule has 0 spiro atoms. The first-order valence-electron chi connectivity index (χ1n) is 15.9. The molecule has 0 aliphatic heterocycles. The number of hydrogen-bond donors (Lipinski definition) is 0. The Kier molecular flexibility index (Phi) is 7.48. The number of rotatable bonds is 3. The first-order chi connectivity index (χ1) is 22.1. The molecular weight excluding hydrogens is 756 g/mol. The van der Waals surface area contributed by atoms with Crippen LogP contribution in [0.25, 0.3) is 66.5 Å². The van der Waals surface area contributed by atoms with Crippen LogP contribution in [0.5, 0.6) is 0 Å². The summed E-state index contributed by atoms with van der Waals surface area (Å²) >= 11 is 0. The maximum atomic E-state index is 5.60. The van der Waals surface area contributed by atoms with E-state index < -0.39 is 0 Å². The second-order valence-corrected chi connectivity index (χ2v) is 14.2. The maximum absolute atomic E-state index is 5.60. The molecule has 0 unspecified atom stereocenters. The van der Waals surface area contributed by atoms with Crippen molar-refractivity contribution in [3.63, 3.8) is 0 Å². The fourth-order valence-electron chi connectivity index (χ4n) is 6.92. The van der Waals surface area contributed by atoms with E-state index in [-0.39, 0.29) is 31.9 Å². The molecule has 0 saturated carbocycles. The van der Waals surface area contributed by atoms with Gasteiger partial charge in [-0.2, -0.15) is 24.3 Å². The SMILES string of the molecule is CC(C)(C)c1ccnc(-c2[c-]c(-n3c4ccccc4c4c(C(C)(C)C)c5c6ccccc6n(-c6[c-]cccc6)c5nc43)ccc2)c1.[Pt+2]. The van der Waals surface area contributed by atoms with Gasteiger partial charge in [0.25, 0.3) is 0 Å². The zero-order valence-electron chi connectivity index (χ0n) is 27.5. The Balaban J connectivity index is 0.00000351. The third kappa shape index (κ3) is 5.02. The molecular formula is C42H36N4Pt. The van der Waals surface area contributed by atoms with Crippen LogP contribution in [-0.4, -0.2) is 19.1 Å². The summed E-state index contributed by atoms with van der Waals surface area (Å²) in [6.45, 7) is 13.6. The fourth-order valence-corrected chi connectivity index (χ4v) is 6.92. The third-order valence-corrected chi connectivity index (χ3v) is 9.02. The molecule has 0 atom stereocenters. The molecule has 4 aromatic heterocycles. The number of para-hydroxylation sites is 3. The Morgan fingerprint density at radius 2 is 1.21 bits per heavy atom. The molecule has 47 heavy (non-hydrogen) atoms. The molecule has 0 aliphatic rings. The normalized spacial score (nSPS) is 12.3. The van der Waals surface area contributed by atoms with Crippen molar-refractivity contribution in [3.05, 3.63) is 133 Å². The van der Waals surface area contributed by atoms with Gasteiger partial charge in [-0.25, -0.2) is 4.98 Å². The van der Waals surface area contributed by atoms with Gasteiger partial charge in [-0.3, -0.25) is 0 Å². The van der Waals surface area contributed by atoms with E-state index in [1.165, 1.54) is 32.7 Å². The molecule has 0 radical (unpaired) electrons. The topological polar surface area (TPSA) is 35.6 Å². The van der Waals surface area contributed by atoms with E-state index in [1.54, 1.807) is 0 Å². The summed E-state index contributed by atoms with van der Waals surface area (Å²) in [4.78, 5) is 10.4. The predicted molar refractivity (Wildman–Crippen MR) is 191 cm³/mol. The van der Waals surface area contributed by atoms with Crippen molar-refractivity contribution in [2.24, 2.45) is 0 Å². The summed E-state index contributed by atoms with van der Waals surface area (Å²) in [5.41, 5.74) is 10.3. The standard InChI is InChI=1S/C42H36N4.Pt/c1-41(2,3)28-23-24-43-33(26-28)27-15-14-18-30(25-27)46-35-22-13-11-20-32(35)37-38(42(4,5)6)36-31-19-10-12-21-34(31)45(39(36)44-40(37)46)29-16-8-7-9-17-29;/h7-16,18-24,26H,1-6H3;/q-2;+2. The van der Waals surface area contributed by atoms with E-state index in [2.05, 4.69) is 154 Å². The number of hydrogen-bond acceptors (Lipinski definition) is 2. The van der Waals surface area contributed by atoms with Gasteiger partial charge in [-0.1, -0.05) is 89.7 Å². The van der Waals surface area contributed by atoms with Gasteiger partial charge in [-0.15, -0.1) is 35.9 Å². The van der Waals surface area contributed by atoms with E-state index >= 15 is 0 Å². The summed E-state index contributed by atoms with van der Waals surface area (Å²) < 4.78 is 4.55. The van der Waals surface area contributed by atoms with Gasteiger partial charge in [0.05, 0.1) is 11.0 Å². The largest absolute Gasteiger partial charge is 2.00 e. The zero-order chi connectivity index (χ0) is 31.8. The molecule has 5 heteroatoms. The Hall–Kier alpha value is -4.53. The maximum Gasteiger partial charge on any atom is 2.00 e. The summed E-state index contributed by atoms with van der Waals surface area (Å²) in [6, 6.07) is 43.4. The Bertz CT molecular complexity index is 2440. The molecule has 234 valence electrons. The van der Waals surface area contributed by atoms with Crippen LogP contribution in [0, 0.1) is 12.1 Å². The average molecular weight is 792 g/mol. The van der Waals surface area contributed by atoms with Crippen LogP contribution >= 0.6 is 0 Å². The predicted octanol–water partition coefficient (Wildman–Crippen LogP) is 10.5. The van der Waals surface area contributed by atoms with Gasteiger partial charge in [0, 0.05) is 27.7 Å². The van der Waals surface area contributed by atoms with Crippen LogP contribution in [0.3, 0.4) is 0 Å². The molecule has 8 aromatic rings. The van der Waals surface area contributed by atoms with E-state index in [0.29, 0.717) is 0 Å². The van der Waals surface area contributed by atoms with Gasteiger partial charge in [0.2, 0.25) is 0 Å². The summed E-state index contributed by atoms with van der Waals surface area (Å²) in [6.07, 6.45) is 1.91. The second kappa shape index (κ2) is 11.3. The number of benzene rings is 4. The van der Waals surface area contributed by atoms with Gasteiger partial charge in [-0.05, 0) is 51.5 Å². The van der Waals surface area contributed by atoms with E-state index in [9.17, 15) is 0 Å². The Morgan fingerprint density at radius 1 is 0.617 bits per heavy atom. The Morgan fingerprint density at radius 3 is 1.81 bits per heavy atom. The Labute approximate surface area is 290 Å². The minimum Gasteiger partial charge on any atom is -0.318 e. The van der Waals surface area contributed by atoms with Crippen LogP contribution in [-0.2, 0) is 31.9 Å². The van der Waals surface area contributed by atoms with Crippen molar-refractivity contribution in [2.75, 3.05) is 0 Å². The second-order valence-electron chi connectivity index (χ2n) is 14.2. The minimum absolute atomic E-state index is 0. The quantitative estimate of drug-likeness (QED) is 0.167. The van der Waals surface area contributed by atoms with Crippen LogP contribution in [0.4, 0.5) is 0 Å². The molecule has 0 saturated heterocycles. The third-order valence-electron chi connectivity index (χ3n) is 9.02. The first-order valence-corrected chi connectivity index (χ1v) is 15.9. The smallest absolute Gasteiger partial charge is 0.318 e. The van der Waals surface area contributed by atoms with Gasteiger partial charge >= 0.3 is 21.1 Å². The molecule has 0 amide bonds. The van der Waals surface area contributed by atoms with E-state index in [1.807, 2.05) is 18.3 Å². The zero-order valence-corrected chi connectivity index (χ0v) is 29.8. The molecule has 4 heterocycles. The molecule has 0 N–H and O–H groups in total. The molecule has 4 nitrogen and oxygen atoms in total. The van der Waals surface area contributed by atoms with Crippen molar-refractivity contribution in [3.8, 4) is 22.6 Å². The number of pyridine rings is 2. The van der Waals surface area contributed by atoms with Crippen LogP contribution in [0.15, 0.2) is 109 Å². The molecule has 8 rings (SSSR count). The van der Waals surface area contributed by atoms with E-state index in [4.69, 9.17) is 9.97 Å². The van der Waals surface area contributed by atoms with Crippen LogP contribution < -0.4 is 0 Å². The molecule has 4 aromatic carbocycles.